The predicted molar refractivity (Wildman–Crippen MR) is 81.1 cm³/mol. The molecular formula is C16H17N2O5+. The van der Waals surface area contributed by atoms with Crippen LogP contribution >= 0.6 is 0 Å². The SMILES string of the molecule is O=[N+]([O-])c1cccc([C@H](O)C[NH2+]Cc2ccc3c(c2)OCO3)c1. The number of rotatable bonds is 6. The molecule has 7 heteroatoms. The quantitative estimate of drug-likeness (QED) is 0.614. The van der Waals surface area contributed by atoms with Crippen LogP contribution in [0.2, 0.25) is 0 Å². The molecule has 2 aromatic carbocycles. The molecule has 0 unspecified atom stereocenters. The highest BCUT2D eigenvalue weighted by Crippen LogP contribution is 2.32. The topological polar surface area (TPSA) is 98.4 Å². The zero-order valence-corrected chi connectivity index (χ0v) is 12.3. The number of aliphatic hydroxyl groups is 1. The number of hydrogen-bond donors (Lipinski definition) is 2. The zero-order valence-electron chi connectivity index (χ0n) is 12.3. The van der Waals surface area contributed by atoms with Gasteiger partial charge in [0.15, 0.2) is 11.5 Å². The van der Waals surface area contributed by atoms with E-state index in [0.717, 1.165) is 17.1 Å². The number of fused-ring (bicyclic) bond motifs is 1. The molecule has 0 amide bonds. The van der Waals surface area contributed by atoms with Crippen molar-refractivity contribution in [2.45, 2.75) is 12.6 Å². The maximum atomic E-state index is 10.8. The first-order valence-electron chi connectivity index (χ1n) is 7.26. The molecular weight excluding hydrogens is 300 g/mol. The highest BCUT2D eigenvalue weighted by Gasteiger charge is 2.16. The summed E-state index contributed by atoms with van der Waals surface area (Å²) in [5.41, 5.74) is 1.58. The summed E-state index contributed by atoms with van der Waals surface area (Å²) in [5, 5.41) is 22.9. The van der Waals surface area contributed by atoms with Gasteiger partial charge in [0, 0.05) is 17.7 Å². The average molecular weight is 317 g/mol. The molecule has 1 aliphatic heterocycles. The van der Waals surface area contributed by atoms with Crippen molar-refractivity contribution in [1.82, 2.24) is 0 Å². The molecule has 1 heterocycles. The Labute approximate surface area is 132 Å². The van der Waals surface area contributed by atoms with Gasteiger partial charge in [-0.25, -0.2) is 0 Å². The third kappa shape index (κ3) is 3.58. The fourth-order valence-corrected chi connectivity index (χ4v) is 2.46. The second kappa shape index (κ2) is 6.64. The summed E-state index contributed by atoms with van der Waals surface area (Å²) in [4.78, 5) is 10.3. The van der Waals surface area contributed by atoms with Crippen LogP contribution in [0.4, 0.5) is 5.69 Å². The number of aliphatic hydroxyl groups excluding tert-OH is 1. The van der Waals surface area contributed by atoms with Gasteiger partial charge < -0.3 is 19.9 Å². The molecule has 1 aliphatic rings. The standard InChI is InChI=1S/C16H16N2O5/c19-14(12-2-1-3-13(7-12)18(20)21)9-17-8-11-4-5-15-16(6-11)23-10-22-15/h1-7,14,17,19H,8-10H2/p+1/t14-/m1/s1. The van der Waals surface area contributed by atoms with Crippen molar-refractivity contribution in [3.63, 3.8) is 0 Å². The number of nitrogens with two attached hydrogens (primary N) is 1. The molecule has 2 aromatic rings. The average Bonchev–Trinajstić information content (AvgIpc) is 3.02. The molecule has 0 saturated carbocycles. The molecule has 0 radical (unpaired) electrons. The Balaban J connectivity index is 1.56. The highest BCUT2D eigenvalue weighted by atomic mass is 16.7. The summed E-state index contributed by atoms with van der Waals surface area (Å²) in [5.74, 6) is 1.47. The molecule has 0 aromatic heterocycles. The lowest BCUT2D eigenvalue weighted by Crippen LogP contribution is -2.83. The Morgan fingerprint density at radius 1 is 1.22 bits per heavy atom. The Hall–Kier alpha value is -2.64. The molecule has 3 N–H and O–H groups in total. The monoisotopic (exact) mass is 317 g/mol. The van der Waals surface area contributed by atoms with Gasteiger partial charge in [0.1, 0.15) is 19.2 Å². The van der Waals surface area contributed by atoms with E-state index >= 15 is 0 Å². The number of non-ortho nitro benzene ring substituents is 1. The van der Waals surface area contributed by atoms with Crippen molar-refractivity contribution in [2.24, 2.45) is 0 Å². The first kappa shape index (κ1) is 15.3. The number of nitrogens with zero attached hydrogens (tertiary/aromatic N) is 1. The molecule has 3 rings (SSSR count). The molecule has 0 fully saturated rings. The molecule has 0 spiro atoms. The second-order valence-corrected chi connectivity index (χ2v) is 5.28. The van der Waals surface area contributed by atoms with Crippen molar-refractivity contribution in [1.29, 1.82) is 0 Å². The predicted octanol–water partition coefficient (Wildman–Crippen LogP) is 1.12. The van der Waals surface area contributed by atoms with E-state index in [1.807, 2.05) is 23.5 Å². The first-order chi connectivity index (χ1) is 11.1. The van der Waals surface area contributed by atoms with Crippen molar-refractivity contribution in [2.75, 3.05) is 13.3 Å². The van der Waals surface area contributed by atoms with Crippen LogP contribution in [0, 0.1) is 10.1 Å². The molecule has 23 heavy (non-hydrogen) atoms. The number of nitro benzene ring substituents is 1. The van der Waals surface area contributed by atoms with E-state index < -0.39 is 11.0 Å². The fraction of sp³-hybridized carbons (Fsp3) is 0.250. The van der Waals surface area contributed by atoms with Gasteiger partial charge in [0.05, 0.1) is 4.92 Å². The van der Waals surface area contributed by atoms with Crippen molar-refractivity contribution >= 4 is 5.69 Å². The summed E-state index contributed by atoms with van der Waals surface area (Å²) >= 11 is 0. The van der Waals surface area contributed by atoms with Crippen molar-refractivity contribution < 1.29 is 24.8 Å². The van der Waals surface area contributed by atoms with Gasteiger partial charge >= 0.3 is 0 Å². The Morgan fingerprint density at radius 3 is 2.87 bits per heavy atom. The molecule has 7 nitrogen and oxygen atoms in total. The van der Waals surface area contributed by atoms with Crippen molar-refractivity contribution in [3.8, 4) is 11.5 Å². The first-order valence-corrected chi connectivity index (χ1v) is 7.26. The lowest BCUT2D eigenvalue weighted by Gasteiger charge is -2.10. The van der Waals surface area contributed by atoms with E-state index in [2.05, 4.69) is 0 Å². The zero-order chi connectivity index (χ0) is 16.2. The van der Waals surface area contributed by atoms with E-state index in [0.29, 0.717) is 18.7 Å². The normalized spacial score (nSPS) is 13.8. The summed E-state index contributed by atoms with van der Waals surface area (Å²) in [6.45, 7) is 1.33. The van der Waals surface area contributed by atoms with Crippen LogP contribution in [0.5, 0.6) is 11.5 Å². The van der Waals surface area contributed by atoms with E-state index in [4.69, 9.17) is 9.47 Å². The fourth-order valence-electron chi connectivity index (χ4n) is 2.46. The minimum atomic E-state index is -0.760. The molecule has 1 atom stereocenters. The van der Waals surface area contributed by atoms with Gasteiger partial charge in [-0.15, -0.1) is 0 Å². The van der Waals surface area contributed by atoms with Gasteiger partial charge in [0.25, 0.3) is 5.69 Å². The van der Waals surface area contributed by atoms with Crippen LogP contribution in [-0.2, 0) is 6.54 Å². The van der Waals surface area contributed by atoms with Crippen LogP contribution in [-0.4, -0.2) is 23.4 Å². The van der Waals surface area contributed by atoms with Crippen LogP contribution in [0.1, 0.15) is 17.2 Å². The number of benzene rings is 2. The summed E-state index contributed by atoms with van der Waals surface area (Å²) in [7, 11) is 0. The Morgan fingerprint density at radius 2 is 2.04 bits per heavy atom. The lowest BCUT2D eigenvalue weighted by molar-refractivity contribution is -0.677. The molecule has 120 valence electrons. The Bertz CT molecular complexity index is 719. The summed E-state index contributed by atoms with van der Waals surface area (Å²) in [6.07, 6.45) is -0.760. The smallest absolute Gasteiger partial charge is 0.269 e. The highest BCUT2D eigenvalue weighted by molar-refractivity contribution is 5.44. The van der Waals surface area contributed by atoms with E-state index in [1.54, 1.807) is 12.1 Å². The van der Waals surface area contributed by atoms with E-state index in [9.17, 15) is 15.2 Å². The minimum Gasteiger partial charge on any atom is -0.454 e. The van der Waals surface area contributed by atoms with Gasteiger partial charge in [0.2, 0.25) is 6.79 Å². The van der Waals surface area contributed by atoms with Crippen molar-refractivity contribution in [3.05, 3.63) is 63.7 Å². The summed E-state index contributed by atoms with van der Waals surface area (Å²) < 4.78 is 10.6. The van der Waals surface area contributed by atoms with E-state index in [1.165, 1.54) is 12.1 Å². The summed E-state index contributed by atoms with van der Waals surface area (Å²) in [6, 6.07) is 11.8. The van der Waals surface area contributed by atoms with E-state index in [-0.39, 0.29) is 12.5 Å². The number of hydrogen-bond acceptors (Lipinski definition) is 5. The largest absolute Gasteiger partial charge is 0.454 e. The number of nitro groups is 1. The maximum absolute atomic E-state index is 10.8. The second-order valence-electron chi connectivity index (χ2n) is 5.28. The minimum absolute atomic E-state index is 0.0164. The number of ether oxygens (including phenoxy) is 2. The Kier molecular flexibility index (Phi) is 4.40. The van der Waals surface area contributed by atoms with Crippen LogP contribution in [0.25, 0.3) is 0 Å². The van der Waals surface area contributed by atoms with Crippen LogP contribution in [0.3, 0.4) is 0 Å². The van der Waals surface area contributed by atoms with Gasteiger partial charge in [-0.05, 0) is 23.8 Å². The maximum Gasteiger partial charge on any atom is 0.269 e. The molecule has 0 aliphatic carbocycles. The molecule has 0 saturated heterocycles. The van der Waals surface area contributed by atoms with Crippen LogP contribution < -0.4 is 14.8 Å². The lowest BCUT2D eigenvalue weighted by atomic mass is 10.1. The molecule has 0 bridgehead atoms. The van der Waals surface area contributed by atoms with Gasteiger partial charge in [-0.3, -0.25) is 10.1 Å². The third-order valence-corrected chi connectivity index (χ3v) is 3.67. The van der Waals surface area contributed by atoms with Gasteiger partial charge in [-0.2, -0.15) is 0 Å². The van der Waals surface area contributed by atoms with Gasteiger partial charge in [-0.1, -0.05) is 12.1 Å². The third-order valence-electron chi connectivity index (χ3n) is 3.67. The van der Waals surface area contributed by atoms with Crippen LogP contribution in [0.15, 0.2) is 42.5 Å². The number of quaternary nitrogens is 1.